The molecule has 178 valence electrons. The van der Waals surface area contributed by atoms with E-state index in [-0.39, 0.29) is 24.3 Å². The van der Waals surface area contributed by atoms with Crippen LogP contribution in [0.15, 0.2) is 53.4 Å². The second kappa shape index (κ2) is 9.60. The summed E-state index contributed by atoms with van der Waals surface area (Å²) in [6.45, 7) is 2.62. The fourth-order valence-electron chi connectivity index (χ4n) is 4.26. The van der Waals surface area contributed by atoms with Gasteiger partial charge in [-0.15, -0.1) is 0 Å². The maximum atomic E-state index is 13.1. The van der Waals surface area contributed by atoms with Gasteiger partial charge in [0.2, 0.25) is 0 Å². The van der Waals surface area contributed by atoms with Gasteiger partial charge in [0, 0.05) is 11.6 Å². The number of fused-ring (bicyclic) bond motifs is 1. The second-order valence-corrected chi connectivity index (χ2v) is 10.6. The molecule has 0 bridgehead atoms. The molecule has 0 amide bonds. The van der Waals surface area contributed by atoms with Crippen LogP contribution in [0.4, 0.5) is 0 Å². The number of hydrogen-bond donors (Lipinski definition) is 1. The molecule has 1 aliphatic carbocycles. The zero-order valence-corrected chi connectivity index (χ0v) is 19.5. The molecule has 1 N–H and O–H groups in total. The highest BCUT2D eigenvalue weighted by atomic mass is 35.5. The molecule has 2 aromatic rings. The summed E-state index contributed by atoms with van der Waals surface area (Å²) in [5.41, 5.74) is -1.48. The maximum absolute atomic E-state index is 13.1. The van der Waals surface area contributed by atoms with E-state index in [0.717, 1.165) is 0 Å². The van der Waals surface area contributed by atoms with Gasteiger partial charge in [-0.2, -0.15) is 0 Å². The van der Waals surface area contributed by atoms with Gasteiger partial charge >= 0.3 is 5.97 Å². The number of ether oxygens (including phenoxy) is 4. The van der Waals surface area contributed by atoms with E-state index in [2.05, 4.69) is 0 Å². The first-order valence-corrected chi connectivity index (χ1v) is 12.6. The Morgan fingerprint density at radius 2 is 1.61 bits per heavy atom. The lowest BCUT2D eigenvalue weighted by Gasteiger charge is -2.25. The fraction of sp³-hybridized carbons (Fsp3) is 0.435. The van der Waals surface area contributed by atoms with Crippen LogP contribution in [0, 0.1) is 5.41 Å². The molecule has 2 unspecified atom stereocenters. The number of sulfone groups is 1. The number of aliphatic carboxylic acids is 1. The maximum Gasteiger partial charge on any atom is 0.310 e. The Hall–Kier alpha value is -2.17. The molecule has 0 radical (unpaired) electrons. The summed E-state index contributed by atoms with van der Waals surface area (Å²) in [5.74, 6) is -0.707. The highest BCUT2D eigenvalue weighted by Crippen LogP contribution is 2.47. The van der Waals surface area contributed by atoms with Gasteiger partial charge in [0.25, 0.3) is 0 Å². The summed E-state index contributed by atoms with van der Waals surface area (Å²) in [6, 6.07) is 12.7. The quantitative estimate of drug-likeness (QED) is 0.556. The number of benzene rings is 2. The van der Waals surface area contributed by atoms with Crippen LogP contribution >= 0.6 is 11.6 Å². The monoisotopic (exact) mass is 496 g/mol. The molecule has 2 atom stereocenters. The van der Waals surface area contributed by atoms with Crippen molar-refractivity contribution in [3.63, 3.8) is 0 Å². The predicted molar refractivity (Wildman–Crippen MR) is 119 cm³/mol. The van der Waals surface area contributed by atoms with E-state index >= 15 is 0 Å². The topological polar surface area (TPSA) is 108 Å². The van der Waals surface area contributed by atoms with Crippen LogP contribution in [0.2, 0.25) is 5.02 Å². The third-order valence-electron chi connectivity index (χ3n) is 5.86. The summed E-state index contributed by atoms with van der Waals surface area (Å²) in [4.78, 5) is 12.2. The molecular formula is C23H25ClO8S. The summed E-state index contributed by atoms with van der Waals surface area (Å²) in [7, 11) is -3.89. The summed E-state index contributed by atoms with van der Waals surface area (Å²) < 4.78 is 48.7. The lowest BCUT2D eigenvalue weighted by Crippen LogP contribution is -2.38. The average molecular weight is 497 g/mol. The summed E-state index contributed by atoms with van der Waals surface area (Å²) in [6.07, 6.45) is -1.38. The minimum Gasteiger partial charge on any atom is -0.481 e. The number of carboxylic acid groups (broad SMARTS) is 1. The predicted octanol–water partition coefficient (Wildman–Crippen LogP) is 3.92. The Morgan fingerprint density at radius 3 is 2.12 bits per heavy atom. The van der Waals surface area contributed by atoms with Crippen molar-refractivity contribution in [1.29, 1.82) is 0 Å². The summed E-state index contributed by atoms with van der Waals surface area (Å²) >= 11 is 5.86. The van der Waals surface area contributed by atoms with Gasteiger partial charge in [-0.1, -0.05) is 11.6 Å². The highest BCUT2D eigenvalue weighted by Gasteiger charge is 2.57. The number of carboxylic acids is 1. The van der Waals surface area contributed by atoms with Gasteiger partial charge in [-0.05, 0) is 68.3 Å². The normalized spacial score (nSPS) is 26.8. The molecule has 2 fully saturated rings. The third-order valence-corrected chi connectivity index (χ3v) is 8.04. The van der Waals surface area contributed by atoms with Crippen molar-refractivity contribution in [3.05, 3.63) is 53.6 Å². The molecule has 1 saturated heterocycles. The number of hydrogen-bond acceptors (Lipinski definition) is 7. The molecule has 8 nitrogen and oxygen atoms in total. The molecule has 1 aliphatic heterocycles. The van der Waals surface area contributed by atoms with E-state index in [9.17, 15) is 18.3 Å². The fourth-order valence-corrected chi connectivity index (χ4v) is 6.19. The van der Waals surface area contributed by atoms with Crippen molar-refractivity contribution < 1.29 is 37.3 Å². The molecule has 10 heteroatoms. The smallest absolute Gasteiger partial charge is 0.310 e. The molecule has 1 heterocycles. The number of carbonyl (C=O) groups is 1. The molecule has 2 aliphatic rings. The lowest BCUT2D eigenvalue weighted by molar-refractivity contribution is -0.154. The number of halogens is 1. The molecule has 2 aromatic carbocycles. The Balaban J connectivity index is 1.44. The van der Waals surface area contributed by atoms with Crippen molar-refractivity contribution in [2.24, 2.45) is 5.41 Å². The third kappa shape index (κ3) is 5.33. The first-order valence-electron chi connectivity index (χ1n) is 10.6. The van der Waals surface area contributed by atoms with Crippen LogP contribution in [0.3, 0.4) is 0 Å². The van der Waals surface area contributed by atoms with Gasteiger partial charge < -0.3 is 24.1 Å². The molecule has 4 rings (SSSR count). The van der Waals surface area contributed by atoms with Crippen molar-refractivity contribution in [2.45, 2.75) is 43.2 Å². The van der Waals surface area contributed by atoms with Crippen LogP contribution in [-0.4, -0.2) is 57.0 Å². The minimum absolute atomic E-state index is 0.0275. The van der Waals surface area contributed by atoms with Gasteiger partial charge in [0.1, 0.15) is 11.5 Å². The minimum atomic E-state index is -3.89. The van der Waals surface area contributed by atoms with Gasteiger partial charge in [-0.25, -0.2) is 8.42 Å². The Kier molecular flexibility index (Phi) is 6.97. The Morgan fingerprint density at radius 1 is 1.06 bits per heavy atom. The van der Waals surface area contributed by atoms with Gasteiger partial charge in [-0.3, -0.25) is 4.79 Å². The van der Waals surface area contributed by atoms with E-state index in [1.807, 2.05) is 6.92 Å². The van der Waals surface area contributed by atoms with Crippen molar-refractivity contribution in [1.82, 2.24) is 0 Å². The van der Waals surface area contributed by atoms with E-state index in [4.69, 9.17) is 30.5 Å². The van der Waals surface area contributed by atoms with E-state index in [1.54, 1.807) is 24.3 Å². The zero-order chi connectivity index (χ0) is 23.6. The van der Waals surface area contributed by atoms with Crippen molar-refractivity contribution in [2.75, 3.05) is 19.0 Å². The Labute approximate surface area is 197 Å². The Bertz CT molecular complexity index is 1070. The molecular weight excluding hydrogens is 472 g/mol. The van der Waals surface area contributed by atoms with E-state index in [1.165, 1.54) is 24.3 Å². The van der Waals surface area contributed by atoms with E-state index in [0.29, 0.717) is 23.1 Å². The van der Waals surface area contributed by atoms with Crippen molar-refractivity contribution in [3.8, 4) is 11.5 Å². The zero-order valence-electron chi connectivity index (χ0n) is 18.0. The standard InChI is InChI=1S/C23H25ClO8S/c1-2-29-13-21-31-19-11-23(22(25)26,12-20(19)32-21)14-33(27,28)18-9-7-17(8-10-18)30-16-5-3-15(24)4-6-16/h3-10,19-21H,2,11-14H2,1H3,(H,25,26). The van der Waals surface area contributed by atoms with Crippen LogP contribution < -0.4 is 4.74 Å². The van der Waals surface area contributed by atoms with Crippen LogP contribution in [0.5, 0.6) is 11.5 Å². The SMILES string of the molecule is CCOCC1OC2CC(CS(=O)(=O)c3ccc(Oc4ccc(Cl)cc4)cc3)(C(=O)O)CC2O1. The van der Waals surface area contributed by atoms with Gasteiger partial charge in [0.15, 0.2) is 16.1 Å². The first-order chi connectivity index (χ1) is 15.7. The van der Waals surface area contributed by atoms with Crippen molar-refractivity contribution >= 4 is 27.4 Å². The van der Waals surface area contributed by atoms with Gasteiger partial charge in [0.05, 0.1) is 34.9 Å². The molecule has 1 saturated carbocycles. The molecule has 0 spiro atoms. The van der Waals surface area contributed by atoms with E-state index < -0.39 is 45.5 Å². The molecule has 0 aromatic heterocycles. The summed E-state index contributed by atoms with van der Waals surface area (Å²) in [5, 5.41) is 10.5. The van der Waals surface area contributed by atoms with Crippen LogP contribution in [0.25, 0.3) is 0 Å². The number of rotatable bonds is 9. The second-order valence-electron chi connectivity index (χ2n) is 8.22. The largest absolute Gasteiger partial charge is 0.481 e. The lowest BCUT2D eigenvalue weighted by atomic mass is 9.88. The highest BCUT2D eigenvalue weighted by molar-refractivity contribution is 7.91. The van der Waals surface area contributed by atoms with Crippen LogP contribution in [-0.2, 0) is 28.8 Å². The molecule has 33 heavy (non-hydrogen) atoms. The average Bonchev–Trinajstić information content (AvgIpc) is 3.30. The first kappa shape index (κ1) is 24.0. The van der Waals surface area contributed by atoms with Crippen LogP contribution in [0.1, 0.15) is 19.8 Å².